The summed E-state index contributed by atoms with van der Waals surface area (Å²) >= 11 is 0. The summed E-state index contributed by atoms with van der Waals surface area (Å²) in [4.78, 5) is 0. The Morgan fingerprint density at radius 2 is 1.88 bits per heavy atom. The van der Waals surface area contributed by atoms with Crippen LogP contribution in [-0.2, 0) is 13.0 Å². The number of rotatable bonds is 5. The van der Waals surface area contributed by atoms with Crippen molar-refractivity contribution in [2.24, 2.45) is 5.92 Å². The van der Waals surface area contributed by atoms with E-state index in [1.54, 1.807) is 0 Å². The summed E-state index contributed by atoms with van der Waals surface area (Å²) < 4.78 is 2.39. The lowest BCUT2D eigenvalue weighted by Crippen LogP contribution is -2.08. The van der Waals surface area contributed by atoms with E-state index in [1.807, 2.05) is 6.92 Å². The molecule has 1 N–H and O–H groups in total. The molecule has 0 bridgehead atoms. The minimum Gasteiger partial charge on any atom is -0.393 e. The van der Waals surface area contributed by atoms with Crippen LogP contribution < -0.4 is 0 Å². The van der Waals surface area contributed by atoms with Gasteiger partial charge in [0.05, 0.1) is 6.10 Å². The molecule has 0 spiro atoms. The molecule has 2 nitrogen and oxygen atoms in total. The van der Waals surface area contributed by atoms with E-state index in [1.165, 1.54) is 17.0 Å². The van der Waals surface area contributed by atoms with Gasteiger partial charge in [-0.3, -0.25) is 0 Å². The summed E-state index contributed by atoms with van der Waals surface area (Å²) in [5.41, 5.74) is 4.10. The maximum Gasteiger partial charge on any atom is 0.0515 e. The predicted octanol–water partition coefficient (Wildman–Crippen LogP) is 3.07. The molecule has 0 aromatic carbocycles. The van der Waals surface area contributed by atoms with E-state index in [-0.39, 0.29) is 6.10 Å². The van der Waals surface area contributed by atoms with Crippen LogP contribution in [0.3, 0.4) is 0 Å². The average Bonchev–Trinajstić information content (AvgIpc) is 2.42. The fourth-order valence-electron chi connectivity index (χ4n) is 2.14. The van der Waals surface area contributed by atoms with E-state index in [9.17, 15) is 5.11 Å². The summed E-state index contributed by atoms with van der Waals surface area (Å²) in [6.07, 6.45) is 1.63. The molecule has 0 amide bonds. The summed E-state index contributed by atoms with van der Waals surface area (Å²) in [6, 6.07) is 2.26. The van der Waals surface area contributed by atoms with Crippen molar-refractivity contribution in [2.45, 2.75) is 60.1 Å². The average molecular weight is 223 g/mol. The van der Waals surface area contributed by atoms with Gasteiger partial charge >= 0.3 is 0 Å². The molecule has 0 radical (unpaired) electrons. The molecule has 0 aliphatic carbocycles. The number of aliphatic hydroxyl groups excluding tert-OH is 1. The van der Waals surface area contributed by atoms with E-state index in [0.29, 0.717) is 5.92 Å². The van der Waals surface area contributed by atoms with Crippen molar-refractivity contribution in [2.75, 3.05) is 0 Å². The van der Waals surface area contributed by atoms with Gasteiger partial charge in [0.2, 0.25) is 0 Å². The Hall–Kier alpha value is -0.760. The lowest BCUT2D eigenvalue weighted by atomic mass is 10.1. The zero-order chi connectivity index (χ0) is 12.3. The first-order valence-electron chi connectivity index (χ1n) is 6.25. The molecule has 1 heterocycles. The molecule has 1 atom stereocenters. The Morgan fingerprint density at radius 3 is 2.38 bits per heavy atom. The summed E-state index contributed by atoms with van der Waals surface area (Å²) in [5, 5.41) is 9.32. The topological polar surface area (TPSA) is 25.2 Å². The zero-order valence-electron chi connectivity index (χ0n) is 11.2. The molecule has 0 saturated carbocycles. The zero-order valence-corrected chi connectivity index (χ0v) is 11.2. The molecule has 2 heteroatoms. The number of hydrogen-bond acceptors (Lipinski definition) is 1. The Labute approximate surface area is 99.3 Å². The normalized spacial score (nSPS) is 13.4. The summed E-state index contributed by atoms with van der Waals surface area (Å²) in [5.74, 6) is 0.675. The highest BCUT2D eigenvalue weighted by Gasteiger charge is 2.10. The van der Waals surface area contributed by atoms with Gasteiger partial charge in [0, 0.05) is 17.9 Å². The highest BCUT2D eigenvalue weighted by atomic mass is 16.3. The molecule has 1 aromatic rings. The van der Waals surface area contributed by atoms with E-state index >= 15 is 0 Å². The van der Waals surface area contributed by atoms with Crippen LogP contribution in [0, 0.1) is 19.8 Å². The van der Waals surface area contributed by atoms with Crippen molar-refractivity contribution in [3.63, 3.8) is 0 Å². The van der Waals surface area contributed by atoms with Crippen LogP contribution in [0.15, 0.2) is 6.07 Å². The van der Waals surface area contributed by atoms with Gasteiger partial charge in [-0.15, -0.1) is 0 Å². The Bertz CT molecular complexity index is 337. The van der Waals surface area contributed by atoms with Crippen LogP contribution in [0.5, 0.6) is 0 Å². The molecular formula is C14H25NO. The van der Waals surface area contributed by atoms with Gasteiger partial charge in [0.15, 0.2) is 0 Å². The first-order valence-corrected chi connectivity index (χ1v) is 6.25. The number of hydrogen-bond donors (Lipinski definition) is 1. The monoisotopic (exact) mass is 223 g/mol. The Balaban J connectivity index is 2.80. The van der Waals surface area contributed by atoms with Crippen molar-refractivity contribution in [3.05, 3.63) is 23.0 Å². The lowest BCUT2D eigenvalue weighted by molar-refractivity contribution is 0.185. The smallest absolute Gasteiger partial charge is 0.0515 e. The molecule has 16 heavy (non-hydrogen) atoms. The van der Waals surface area contributed by atoms with Crippen LogP contribution in [0.25, 0.3) is 0 Å². The minimum absolute atomic E-state index is 0.201. The molecule has 92 valence electrons. The highest BCUT2D eigenvalue weighted by Crippen LogP contribution is 2.18. The fraction of sp³-hybridized carbons (Fsp3) is 0.714. The number of nitrogens with zero attached hydrogens (tertiary/aromatic N) is 1. The van der Waals surface area contributed by atoms with Gasteiger partial charge in [-0.05, 0) is 51.2 Å². The molecule has 1 aromatic heterocycles. The van der Waals surface area contributed by atoms with Gasteiger partial charge < -0.3 is 9.67 Å². The SMILES string of the molecule is Cc1cc(CC[C@@H](C)O)c(C)n1CC(C)C. The third-order valence-corrected chi connectivity index (χ3v) is 3.06. The van der Waals surface area contributed by atoms with Crippen molar-refractivity contribution in [3.8, 4) is 0 Å². The van der Waals surface area contributed by atoms with Crippen LogP contribution in [0.2, 0.25) is 0 Å². The second kappa shape index (κ2) is 5.53. The van der Waals surface area contributed by atoms with Gasteiger partial charge in [-0.1, -0.05) is 13.8 Å². The number of aliphatic hydroxyl groups is 1. The second-order valence-electron chi connectivity index (χ2n) is 5.29. The summed E-state index contributed by atoms with van der Waals surface area (Å²) in [6.45, 7) is 11.8. The van der Waals surface area contributed by atoms with Gasteiger partial charge in [-0.25, -0.2) is 0 Å². The largest absolute Gasteiger partial charge is 0.393 e. The molecule has 0 saturated heterocycles. The number of aromatic nitrogens is 1. The molecule has 0 aliphatic rings. The van der Waals surface area contributed by atoms with Crippen molar-refractivity contribution >= 4 is 0 Å². The van der Waals surface area contributed by atoms with E-state index in [0.717, 1.165) is 19.4 Å². The van der Waals surface area contributed by atoms with Gasteiger partial charge in [-0.2, -0.15) is 0 Å². The second-order valence-corrected chi connectivity index (χ2v) is 5.29. The minimum atomic E-state index is -0.201. The maximum absolute atomic E-state index is 9.32. The molecule has 0 fully saturated rings. The Kier molecular flexibility index (Phi) is 4.60. The maximum atomic E-state index is 9.32. The van der Waals surface area contributed by atoms with Gasteiger partial charge in [0.25, 0.3) is 0 Å². The third kappa shape index (κ3) is 3.38. The first-order chi connectivity index (χ1) is 7.41. The predicted molar refractivity (Wildman–Crippen MR) is 68.7 cm³/mol. The molecule has 0 aliphatic heterocycles. The van der Waals surface area contributed by atoms with Crippen LogP contribution >= 0.6 is 0 Å². The third-order valence-electron chi connectivity index (χ3n) is 3.06. The van der Waals surface area contributed by atoms with E-state index in [2.05, 4.69) is 38.3 Å². The standard InChI is InChI=1S/C14H25NO/c1-10(2)9-15-11(3)8-14(13(15)5)7-6-12(4)16/h8,10,12,16H,6-7,9H2,1-5H3/t12-/m1/s1. The van der Waals surface area contributed by atoms with Crippen molar-refractivity contribution < 1.29 is 5.11 Å². The quantitative estimate of drug-likeness (QED) is 0.815. The molecule has 0 unspecified atom stereocenters. The van der Waals surface area contributed by atoms with E-state index in [4.69, 9.17) is 0 Å². The number of aryl methyl sites for hydroxylation is 2. The Morgan fingerprint density at radius 1 is 1.25 bits per heavy atom. The lowest BCUT2D eigenvalue weighted by Gasteiger charge is -2.12. The molecular weight excluding hydrogens is 198 g/mol. The highest BCUT2D eigenvalue weighted by molar-refractivity contribution is 5.26. The van der Waals surface area contributed by atoms with Crippen LogP contribution in [0.1, 0.15) is 44.1 Å². The van der Waals surface area contributed by atoms with E-state index < -0.39 is 0 Å². The van der Waals surface area contributed by atoms with Gasteiger partial charge in [0.1, 0.15) is 0 Å². The van der Waals surface area contributed by atoms with Crippen LogP contribution in [-0.4, -0.2) is 15.8 Å². The molecule has 1 rings (SSSR count). The summed E-state index contributed by atoms with van der Waals surface area (Å²) in [7, 11) is 0. The van der Waals surface area contributed by atoms with Crippen molar-refractivity contribution in [1.29, 1.82) is 0 Å². The fourth-order valence-corrected chi connectivity index (χ4v) is 2.14. The first kappa shape index (κ1) is 13.3. The van der Waals surface area contributed by atoms with Crippen LogP contribution in [0.4, 0.5) is 0 Å². The van der Waals surface area contributed by atoms with Crippen molar-refractivity contribution in [1.82, 2.24) is 4.57 Å².